The molecule has 0 radical (unpaired) electrons. The van der Waals surface area contributed by atoms with Gasteiger partial charge in [0.05, 0.1) is 0 Å². The molecule has 72 valence electrons. The maximum absolute atomic E-state index is 2.53. The molecule has 10 heteroatoms. The Hall–Kier alpha value is 3.26. The van der Waals surface area contributed by atoms with Gasteiger partial charge in [-0.25, -0.2) is 0 Å². The molecular formula is H10GeI4O5. The third-order valence-corrected chi connectivity index (χ3v) is 0. The quantitative estimate of drug-likeness (QED) is 0.230. The van der Waals surface area contributed by atoms with E-state index in [1.54, 1.807) is 0 Å². The fraction of sp³-hybridized carbons (Fsp3) is 0. The van der Waals surface area contributed by atoms with Gasteiger partial charge in [0.2, 0.25) is 0 Å². The molecular weight excluding hydrogens is 660 g/mol. The summed E-state index contributed by atoms with van der Waals surface area (Å²) < 4.78 is -1.12. The summed E-state index contributed by atoms with van der Waals surface area (Å²) in [6.07, 6.45) is 0. The Kier molecular flexibility index (Phi) is 68.5. The van der Waals surface area contributed by atoms with Crippen LogP contribution in [0.1, 0.15) is 0 Å². The number of halogens is 4. The first-order valence-electron chi connectivity index (χ1n) is 0.756. The van der Waals surface area contributed by atoms with Crippen molar-refractivity contribution in [3.63, 3.8) is 0 Å². The molecule has 0 saturated heterocycles. The van der Waals surface area contributed by atoms with Gasteiger partial charge < -0.3 is 27.4 Å². The molecule has 0 aromatic heterocycles. The zero-order chi connectivity index (χ0) is 4.50. The van der Waals surface area contributed by atoms with Crippen LogP contribution in [0.3, 0.4) is 0 Å². The molecule has 0 aliphatic heterocycles. The van der Waals surface area contributed by atoms with E-state index in [0.29, 0.717) is 0 Å². The predicted octanol–water partition coefficient (Wildman–Crippen LogP) is -0.962. The Morgan fingerprint density at radius 2 is 0.500 bits per heavy atom. The van der Waals surface area contributed by atoms with Crippen molar-refractivity contribution in [1.82, 2.24) is 0 Å². The van der Waals surface area contributed by atoms with E-state index in [2.05, 4.69) is 80.9 Å². The molecule has 0 rings (SSSR count). The third-order valence-electron chi connectivity index (χ3n) is 0. The average molecular weight is 670 g/mol. The van der Waals surface area contributed by atoms with Crippen molar-refractivity contribution in [3.8, 4) is 0 Å². The van der Waals surface area contributed by atoms with Gasteiger partial charge in [-0.05, 0) is 0 Å². The van der Waals surface area contributed by atoms with Crippen LogP contribution in [0, 0.1) is 0 Å². The van der Waals surface area contributed by atoms with Crippen LogP contribution in [-0.4, -0.2) is 27.4 Å². The first kappa shape index (κ1) is 37.8. The first-order valence-corrected chi connectivity index (χ1v) is 26.3. The van der Waals surface area contributed by atoms with E-state index >= 15 is 0 Å². The van der Waals surface area contributed by atoms with Crippen LogP contribution in [-0.2, 0) is 0 Å². The molecule has 0 aromatic carbocycles. The summed E-state index contributed by atoms with van der Waals surface area (Å²) >= 11 is 10.1. The Morgan fingerprint density at radius 3 is 0.500 bits per heavy atom. The predicted molar refractivity (Wildman–Crippen MR) is 79.9 cm³/mol. The van der Waals surface area contributed by atoms with Crippen LogP contribution in [0.2, 0.25) is 0 Å². The van der Waals surface area contributed by atoms with Gasteiger partial charge in [-0.15, -0.1) is 0 Å². The Morgan fingerprint density at radius 1 is 0.500 bits per heavy atom. The minimum atomic E-state index is -1.12. The van der Waals surface area contributed by atoms with E-state index in [4.69, 9.17) is 0 Å². The third kappa shape index (κ3) is 111. The number of hydrogen-bond acceptors (Lipinski definition) is 0. The molecule has 0 aliphatic carbocycles. The molecule has 10 heavy (non-hydrogen) atoms. The second-order valence-electron chi connectivity index (χ2n) is 0.429. The number of rotatable bonds is 0. The fourth-order valence-electron chi connectivity index (χ4n) is 0. The van der Waals surface area contributed by atoms with Crippen LogP contribution in [0.5, 0.6) is 0 Å². The normalized spacial score (nSPS) is 6.00. The minimum absolute atomic E-state index is 0. The summed E-state index contributed by atoms with van der Waals surface area (Å²) in [7, 11) is 0. The zero-order valence-corrected chi connectivity index (χ0v) is 15.2. The van der Waals surface area contributed by atoms with Gasteiger partial charge in [0.25, 0.3) is 0 Å². The van der Waals surface area contributed by atoms with Crippen LogP contribution >= 0.6 is 80.9 Å². The summed E-state index contributed by atoms with van der Waals surface area (Å²) in [6.45, 7) is 0. The molecule has 0 aromatic rings. The summed E-state index contributed by atoms with van der Waals surface area (Å²) in [6, 6.07) is 0. The monoisotopic (exact) mass is 672 g/mol. The van der Waals surface area contributed by atoms with E-state index in [1.165, 1.54) is 0 Å². The van der Waals surface area contributed by atoms with E-state index in [0.717, 1.165) is 0 Å². The molecule has 0 spiro atoms. The second-order valence-corrected chi connectivity index (χ2v) is 100. The Labute approximate surface area is 106 Å². The molecule has 0 atom stereocenters. The van der Waals surface area contributed by atoms with Crippen molar-refractivity contribution in [2.45, 2.75) is 0 Å². The molecule has 5 nitrogen and oxygen atoms in total. The van der Waals surface area contributed by atoms with Gasteiger partial charge in [-0.3, -0.25) is 0 Å². The van der Waals surface area contributed by atoms with E-state index < -0.39 is 0.0304 Å². The van der Waals surface area contributed by atoms with E-state index in [9.17, 15) is 0 Å². The van der Waals surface area contributed by atoms with Crippen molar-refractivity contribution in [2.75, 3.05) is 0 Å². The molecule has 0 heterocycles. The molecule has 0 unspecified atom stereocenters. The molecule has 0 amide bonds. The SMILES string of the molecule is O.O.O.O.O.[I][Ge]([I])([I])[I]. The molecule has 0 bridgehead atoms. The summed E-state index contributed by atoms with van der Waals surface area (Å²) in [5, 5.41) is 0. The molecule has 0 aliphatic rings. The fourth-order valence-corrected chi connectivity index (χ4v) is 0. The van der Waals surface area contributed by atoms with Gasteiger partial charge in [0, 0.05) is 0 Å². The van der Waals surface area contributed by atoms with Crippen molar-refractivity contribution in [1.29, 1.82) is 0 Å². The van der Waals surface area contributed by atoms with Crippen LogP contribution < -0.4 is 0 Å². The van der Waals surface area contributed by atoms with Crippen molar-refractivity contribution >= 4 is 80.9 Å². The van der Waals surface area contributed by atoms with Crippen LogP contribution in [0.4, 0.5) is 0 Å². The van der Waals surface area contributed by atoms with Gasteiger partial charge in [-0.1, -0.05) is 0 Å². The first-order chi connectivity index (χ1) is 2.00. The zero-order valence-electron chi connectivity index (χ0n) is 4.51. The number of hydrogen-bond donors (Lipinski definition) is 0. The van der Waals surface area contributed by atoms with Gasteiger partial charge >= 0.3 is 80.9 Å². The summed E-state index contributed by atoms with van der Waals surface area (Å²) in [5.74, 6) is 0. The molecule has 0 saturated carbocycles. The summed E-state index contributed by atoms with van der Waals surface area (Å²) in [4.78, 5) is 0. The van der Waals surface area contributed by atoms with Crippen LogP contribution in [0.25, 0.3) is 0 Å². The van der Waals surface area contributed by atoms with Crippen molar-refractivity contribution < 1.29 is 27.4 Å². The van der Waals surface area contributed by atoms with Gasteiger partial charge in [-0.2, -0.15) is 0 Å². The molecule has 0 fully saturated rings. The Balaban J connectivity index is -0.00000000800. The van der Waals surface area contributed by atoms with Crippen molar-refractivity contribution in [2.24, 2.45) is 0 Å². The average Bonchev–Trinajstić information content (AvgIpc) is 0.722. The molecule has 10 N–H and O–H groups in total. The van der Waals surface area contributed by atoms with Crippen molar-refractivity contribution in [3.05, 3.63) is 0 Å². The second kappa shape index (κ2) is 18.1. The van der Waals surface area contributed by atoms with E-state index in [1.807, 2.05) is 0 Å². The standard InChI is InChI=1S/GeI4.5H2O/c2-1(3,4)5;;;;;/h;5*1H2. The maximum atomic E-state index is 2.53. The van der Waals surface area contributed by atoms with Gasteiger partial charge in [0.1, 0.15) is 0 Å². The van der Waals surface area contributed by atoms with E-state index in [-0.39, 0.29) is 27.4 Å². The summed E-state index contributed by atoms with van der Waals surface area (Å²) in [5.41, 5.74) is 0. The Bertz CT molecular complexity index is 29.1. The topological polar surface area (TPSA) is 158 Å². The van der Waals surface area contributed by atoms with Gasteiger partial charge in [0.15, 0.2) is 0 Å². The van der Waals surface area contributed by atoms with Crippen LogP contribution in [0.15, 0.2) is 0 Å².